The van der Waals surface area contributed by atoms with Crippen LogP contribution in [0.5, 0.6) is 0 Å². The Morgan fingerprint density at radius 3 is 2.41 bits per heavy atom. The van der Waals surface area contributed by atoms with E-state index >= 15 is 0 Å². The lowest BCUT2D eigenvalue weighted by Crippen LogP contribution is -2.40. The first-order valence-electron chi connectivity index (χ1n) is 4.17. The third-order valence-corrected chi connectivity index (χ3v) is 2.40. The lowest BCUT2D eigenvalue weighted by molar-refractivity contribution is -0.163. The topological polar surface area (TPSA) is 29.1 Å². The minimum atomic E-state index is -4.82. The zero-order valence-electron chi connectivity index (χ0n) is 7.99. The maximum absolute atomic E-state index is 13.0. The normalized spacial score (nSPS) is 11.7. The number of benzene rings is 1. The Morgan fingerprint density at radius 2 is 1.94 bits per heavy atom. The second kappa shape index (κ2) is 4.99. The number of carbonyl (C=O) groups excluding carboxylic acids is 1. The van der Waals surface area contributed by atoms with Crippen LogP contribution in [0.4, 0.5) is 27.6 Å². The van der Waals surface area contributed by atoms with Crippen LogP contribution in [0.1, 0.15) is 0 Å². The molecule has 0 heterocycles. The molecule has 2 nitrogen and oxygen atoms in total. The van der Waals surface area contributed by atoms with Gasteiger partial charge in [-0.25, -0.2) is 13.2 Å². The molecule has 0 spiro atoms. The maximum atomic E-state index is 13.0. The highest BCUT2D eigenvalue weighted by Crippen LogP contribution is 2.26. The molecule has 0 saturated carbocycles. The van der Waals surface area contributed by atoms with Crippen molar-refractivity contribution in [1.82, 2.24) is 0 Å². The van der Waals surface area contributed by atoms with E-state index in [4.69, 9.17) is 0 Å². The average Bonchev–Trinajstić information content (AvgIpc) is 2.23. The summed E-state index contributed by atoms with van der Waals surface area (Å²) < 4.78 is 61.7. The van der Waals surface area contributed by atoms with Gasteiger partial charge >= 0.3 is 18.3 Å². The highest BCUT2D eigenvalue weighted by molar-refractivity contribution is 9.10. The Hall–Kier alpha value is -1.18. The fraction of sp³-hybridized carbons (Fsp3) is 0.222. The van der Waals surface area contributed by atoms with Crippen LogP contribution >= 0.6 is 15.9 Å². The molecule has 1 rings (SSSR count). The third-order valence-electron chi connectivity index (χ3n) is 1.75. The number of anilines is 1. The first-order chi connectivity index (χ1) is 7.75. The number of hydrogen-bond donors (Lipinski definition) is 1. The zero-order chi connectivity index (χ0) is 13.2. The Morgan fingerprint density at radius 1 is 1.35 bits per heavy atom. The fourth-order valence-corrected chi connectivity index (χ4v) is 1.13. The van der Waals surface area contributed by atoms with Crippen LogP contribution in [-0.2, 0) is 4.79 Å². The predicted molar refractivity (Wildman–Crippen MR) is 53.7 cm³/mol. The van der Waals surface area contributed by atoms with Crippen molar-refractivity contribution >= 4 is 27.5 Å². The molecule has 94 valence electrons. The van der Waals surface area contributed by atoms with Crippen molar-refractivity contribution in [3.05, 3.63) is 28.5 Å². The van der Waals surface area contributed by atoms with Crippen molar-refractivity contribution in [2.24, 2.45) is 0 Å². The molecule has 0 atom stereocenters. The van der Waals surface area contributed by atoms with Gasteiger partial charge in [-0.05, 0) is 34.1 Å². The van der Waals surface area contributed by atoms with Crippen molar-refractivity contribution in [3.63, 3.8) is 0 Å². The van der Waals surface area contributed by atoms with Gasteiger partial charge in [-0.15, -0.1) is 0 Å². The van der Waals surface area contributed by atoms with Crippen molar-refractivity contribution in [3.8, 4) is 0 Å². The van der Waals surface area contributed by atoms with Crippen LogP contribution < -0.4 is 5.32 Å². The van der Waals surface area contributed by atoms with E-state index in [0.717, 1.165) is 18.2 Å². The van der Waals surface area contributed by atoms with Gasteiger partial charge in [-0.1, -0.05) is 0 Å². The summed E-state index contributed by atoms with van der Waals surface area (Å²) in [6, 6.07) is 2.96. The van der Waals surface area contributed by atoms with Gasteiger partial charge in [0, 0.05) is 5.69 Å². The number of amides is 1. The van der Waals surface area contributed by atoms with Gasteiger partial charge in [0.25, 0.3) is 0 Å². The molecule has 0 unspecified atom stereocenters. The summed E-state index contributed by atoms with van der Waals surface area (Å²) in [5.41, 5.74) is -0.337. The van der Waals surface area contributed by atoms with E-state index in [1.807, 2.05) is 0 Å². The first kappa shape index (κ1) is 13.9. The zero-order valence-corrected chi connectivity index (χ0v) is 9.57. The third kappa shape index (κ3) is 3.15. The van der Waals surface area contributed by atoms with Gasteiger partial charge in [0.2, 0.25) is 0 Å². The van der Waals surface area contributed by atoms with E-state index < -0.39 is 24.1 Å². The lowest BCUT2D eigenvalue weighted by atomic mass is 10.2. The van der Waals surface area contributed by atoms with E-state index in [0.29, 0.717) is 0 Å². The molecule has 0 saturated heterocycles. The highest BCUT2D eigenvalue weighted by Gasteiger charge is 2.48. The van der Waals surface area contributed by atoms with E-state index in [2.05, 4.69) is 15.9 Å². The van der Waals surface area contributed by atoms with E-state index in [1.165, 1.54) is 5.32 Å². The second-order valence-electron chi connectivity index (χ2n) is 3.01. The van der Waals surface area contributed by atoms with Crippen LogP contribution in [-0.4, -0.2) is 18.3 Å². The quantitative estimate of drug-likeness (QED) is 0.850. The largest absolute Gasteiger partial charge is 0.383 e. The van der Waals surface area contributed by atoms with Gasteiger partial charge < -0.3 is 5.32 Å². The number of halogens is 6. The molecule has 0 bridgehead atoms. The van der Waals surface area contributed by atoms with Gasteiger partial charge in [-0.3, -0.25) is 4.79 Å². The summed E-state index contributed by atoms with van der Waals surface area (Å²) in [6.07, 6.45) is -4.12. The molecule has 0 radical (unpaired) electrons. The van der Waals surface area contributed by atoms with Gasteiger partial charge in [0.15, 0.2) is 0 Å². The molecule has 1 aromatic carbocycles. The van der Waals surface area contributed by atoms with Gasteiger partial charge in [0.05, 0.1) is 4.47 Å². The van der Waals surface area contributed by atoms with Crippen molar-refractivity contribution in [2.45, 2.75) is 12.3 Å². The monoisotopic (exact) mass is 317 g/mol. The van der Waals surface area contributed by atoms with Crippen LogP contribution in [0.3, 0.4) is 0 Å². The smallest absolute Gasteiger partial charge is 0.321 e. The van der Waals surface area contributed by atoms with E-state index in [-0.39, 0.29) is 10.2 Å². The molecule has 1 N–H and O–H groups in total. The molecule has 8 heteroatoms. The molecule has 0 aliphatic carbocycles. The lowest BCUT2D eigenvalue weighted by Gasteiger charge is -2.14. The summed E-state index contributed by atoms with van der Waals surface area (Å²) in [5, 5.41) is 1.50. The number of hydrogen-bond acceptors (Lipinski definition) is 1. The molecule has 1 aromatic rings. The maximum Gasteiger partial charge on any atom is 0.383 e. The summed E-state index contributed by atoms with van der Waals surface area (Å²) in [6.45, 7) is 0. The van der Waals surface area contributed by atoms with E-state index in [9.17, 15) is 26.7 Å². The molecular weight excluding hydrogens is 313 g/mol. The molecule has 0 aliphatic rings. The number of alkyl halides is 4. The van der Waals surface area contributed by atoms with Crippen molar-refractivity contribution < 1.29 is 26.7 Å². The van der Waals surface area contributed by atoms with Crippen LogP contribution in [0.2, 0.25) is 0 Å². The molecule has 17 heavy (non-hydrogen) atoms. The van der Waals surface area contributed by atoms with Crippen molar-refractivity contribution in [2.75, 3.05) is 5.32 Å². The second-order valence-corrected chi connectivity index (χ2v) is 3.86. The van der Waals surface area contributed by atoms with Gasteiger partial charge in [-0.2, -0.15) is 8.78 Å². The predicted octanol–water partition coefficient (Wildman–Crippen LogP) is 3.43. The Bertz CT molecular complexity index is 437. The number of rotatable bonds is 3. The van der Waals surface area contributed by atoms with Crippen molar-refractivity contribution in [1.29, 1.82) is 0 Å². The molecule has 1 amide bonds. The Kier molecular flexibility index (Phi) is 4.07. The van der Waals surface area contributed by atoms with Crippen LogP contribution in [0.25, 0.3) is 0 Å². The summed E-state index contributed by atoms with van der Waals surface area (Å²) in [4.78, 5) is 10.8. The Labute approximate surface area is 101 Å². The molecule has 0 aromatic heterocycles. The average molecular weight is 318 g/mol. The minimum Gasteiger partial charge on any atom is -0.321 e. The van der Waals surface area contributed by atoms with Gasteiger partial charge in [0.1, 0.15) is 5.82 Å². The summed E-state index contributed by atoms with van der Waals surface area (Å²) >= 11 is 2.80. The number of nitrogens with one attached hydrogen (secondary N) is 1. The molecular formula is C9H5BrF5NO. The SMILES string of the molecule is O=C(Nc1ccc(Br)c(F)c1)C(F)(F)C(F)F. The summed E-state index contributed by atoms with van der Waals surface area (Å²) in [7, 11) is 0. The van der Waals surface area contributed by atoms with Crippen LogP contribution in [0.15, 0.2) is 22.7 Å². The number of carbonyl (C=O) groups is 1. The first-order valence-corrected chi connectivity index (χ1v) is 4.97. The highest BCUT2D eigenvalue weighted by atomic mass is 79.9. The fourth-order valence-electron chi connectivity index (χ4n) is 0.887. The van der Waals surface area contributed by atoms with E-state index in [1.54, 1.807) is 0 Å². The standard InChI is InChI=1S/C9H5BrF5NO/c10-5-2-1-4(3-6(5)11)16-8(17)9(14,15)7(12)13/h1-3,7H,(H,16,17). The minimum absolute atomic E-state index is 0.0520. The summed E-state index contributed by atoms with van der Waals surface area (Å²) in [5.74, 6) is -7.82. The Balaban J connectivity index is 2.85. The molecule has 0 aliphatic heterocycles. The molecule has 0 fully saturated rings. The van der Waals surface area contributed by atoms with Crippen LogP contribution in [0, 0.1) is 5.82 Å².